The van der Waals surface area contributed by atoms with Crippen LogP contribution in [0.3, 0.4) is 0 Å². The Balaban J connectivity index is 3.25. The van der Waals surface area contributed by atoms with Gasteiger partial charge in [-0.05, 0) is 22.6 Å². The predicted molar refractivity (Wildman–Crippen MR) is 59.8 cm³/mol. The molecule has 1 heterocycles. The topological polar surface area (TPSA) is 65.3 Å². The zero-order valence-corrected chi connectivity index (χ0v) is 10.7. The normalized spacial score (nSPS) is 11.4. The van der Waals surface area contributed by atoms with Crippen molar-refractivity contribution in [1.29, 1.82) is 0 Å². The molecule has 0 radical (unpaired) electrons. The molecule has 0 aliphatic rings. The van der Waals surface area contributed by atoms with E-state index < -0.39 is 22.7 Å². The fraction of sp³-hybridized carbons (Fsp3) is 0.286. The highest BCUT2D eigenvalue weighted by Gasteiger charge is 2.33. The number of hydrogen-bond donors (Lipinski definition) is 0. The van der Waals surface area contributed by atoms with Gasteiger partial charge < -0.3 is 4.74 Å². The van der Waals surface area contributed by atoms with Crippen molar-refractivity contribution in [2.24, 2.45) is 0 Å². The molecule has 0 spiro atoms. The minimum atomic E-state index is -4.93. The summed E-state index contributed by atoms with van der Waals surface area (Å²) >= 11 is 6.87. The molecule has 0 fully saturated rings. The van der Waals surface area contributed by atoms with Gasteiger partial charge in [0, 0.05) is 0 Å². The van der Waals surface area contributed by atoms with E-state index in [2.05, 4.69) is 9.72 Å². The molecule has 0 N–H and O–H groups in total. The minimum Gasteiger partial charge on any atom is -0.403 e. The molecule has 17 heavy (non-hydrogen) atoms. The summed E-state index contributed by atoms with van der Waals surface area (Å²) in [5.41, 5.74) is -0.727. The lowest BCUT2D eigenvalue weighted by atomic mass is 10.3. The van der Waals surface area contributed by atoms with Crippen molar-refractivity contribution >= 4 is 39.9 Å². The van der Waals surface area contributed by atoms with Gasteiger partial charge >= 0.3 is 6.36 Å². The summed E-state index contributed by atoms with van der Waals surface area (Å²) in [6.45, 7) is 0. The largest absolute Gasteiger partial charge is 0.573 e. The smallest absolute Gasteiger partial charge is 0.403 e. The highest BCUT2D eigenvalue weighted by Crippen LogP contribution is 2.32. The summed E-state index contributed by atoms with van der Waals surface area (Å²) in [5, 5.41) is 10.6. The highest BCUT2D eigenvalue weighted by molar-refractivity contribution is 14.1. The van der Waals surface area contributed by atoms with Crippen LogP contribution in [0.25, 0.3) is 0 Å². The molecule has 10 heteroatoms. The van der Waals surface area contributed by atoms with E-state index in [1.165, 1.54) is 22.6 Å². The van der Waals surface area contributed by atoms with E-state index in [1.807, 2.05) is 0 Å². The van der Waals surface area contributed by atoms with Crippen molar-refractivity contribution in [2.45, 2.75) is 12.2 Å². The van der Waals surface area contributed by atoms with Crippen molar-refractivity contribution in [3.63, 3.8) is 0 Å². The van der Waals surface area contributed by atoms with Gasteiger partial charge in [-0.15, -0.1) is 24.8 Å². The summed E-state index contributed by atoms with van der Waals surface area (Å²) < 4.78 is 39.4. The van der Waals surface area contributed by atoms with Crippen LogP contribution in [0.1, 0.15) is 5.69 Å². The van der Waals surface area contributed by atoms with Gasteiger partial charge in [-0.2, -0.15) is 0 Å². The number of hydrogen-bond acceptors (Lipinski definition) is 4. The maximum absolute atomic E-state index is 12.0. The van der Waals surface area contributed by atoms with Gasteiger partial charge in [-0.3, -0.25) is 10.1 Å². The van der Waals surface area contributed by atoms with E-state index in [0.717, 1.165) is 0 Å². The molecule has 0 bridgehead atoms. The molecule has 0 unspecified atom stereocenters. The number of ether oxygens (including phenoxy) is 1. The third-order valence-corrected chi connectivity index (χ3v) is 2.57. The lowest BCUT2D eigenvalue weighted by molar-refractivity contribution is -0.386. The first-order valence-corrected chi connectivity index (χ1v) is 5.51. The average molecular weight is 382 g/mol. The Kier molecular flexibility index (Phi) is 4.36. The van der Waals surface area contributed by atoms with E-state index in [1.54, 1.807) is 0 Å². The van der Waals surface area contributed by atoms with E-state index in [0.29, 0.717) is 6.07 Å². The van der Waals surface area contributed by atoms with Crippen molar-refractivity contribution in [1.82, 2.24) is 4.98 Å². The molecular formula is C7H3ClF3IN2O3. The standard InChI is InChI=1S/C7H3ClF3IN2O3/c8-2-3-4(14(15)16)1-5(6(12)13-3)17-7(9,10)11/h1H,2H2. The van der Waals surface area contributed by atoms with Crippen LogP contribution in [-0.2, 0) is 5.88 Å². The number of pyridine rings is 1. The van der Waals surface area contributed by atoms with Crippen molar-refractivity contribution in [3.05, 3.63) is 25.6 Å². The van der Waals surface area contributed by atoms with Crippen LogP contribution >= 0.6 is 34.2 Å². The maximum Gasteiger partial charge on any atom is 0.573 e. The summed E-state index contributed by atoms with van der Waals surface area (Å²) in [5.74, 6) is -1.00. The molecule has 0 aliphatic heterocycles. The molecular weight excluding hydrogens is 379 g/mol. The average Bonchev–Trinajstić information content (AvgIpc) is 2.18. The van der Waals surface area contributed by atoms with Crippen LogP contribution in [0.15, 0.2) is 6.07 Å². The molecule has 0 amide bonds. The van der Waals surface area contributed by atoms with Gasteiger partial charge in [0.15, 0.2) is 5.75 Å². The van der Waals surface area contributed by atoms with Crippen LogP contribution < -0.4 is 4.74 Å². The second kappa shape index (κ2) is 5.21. The van der Waals surface area contributed by atoms with E-state index in [-0.39, 0.29) is 15.3 Å². The Morgan fingerprint density at radius 1 is 1.59 bits per heavy atom. The third-order valence-electron chi connectivity index (χ3n) is 1.55. The monoisotopic (exact) mass is 382 g/mol. The Morgan fingerprint density at radius 2 is 2.18 bits per heavy atom. The van der Waals surface area contributed by atoms with Gasteiger partial charge in [-0.25, -0.2) is 4.98 Å². The predicted octanol–water partition coefficient (Wildman–Crippen LogP) is 3.23. The van der Waals surface area contributed by atoms with Crippen molar-refractivity contribution in [2.75, 3.05) is 0 Å². The first-order valence-electron chi connectivity index (χ1n) is 3.90. The van der Waals surface area contributed by atoms with Gasteiger partial charge in [0.05, 0.1) is 16.9 Å². The first-order chi connectivity index (χ1) is 7.74. The lowest BCUT2D eigenvalue weighted by Crippen LogP contribution is -2.18. The van der Waals surface area contributed by atoms with Crippen LogP contribution in [0, 0.1) is 13.8 Å². The maximum atomic E-state index is 12.0. The van der Waals surface area contributed by atoms with Gasteiger partial charge in [0.25, 0.3) is 5.69 Å². The fourth-order valence-electron chi connectivity index (χ4n) is 0.951. The zero-order chi connectivity index (χ0) is 13.2. The molecule has 1 rings (SSSR count). The minimum absolute atomic E-state index is 0.115. The Bertz CT molecular complexity index is 455. The van der Waals surface area contributed by atoms with Crippen LogP contribution in [-0.4, -0.2) is 16.3 Å². The number of nitro groups is 1. The van der Waals surface area contributed by atoms with Gasteiger partial charge in [0.2, 0.25) is 0 Å². The van der Waals surface area contributed by atoms with E-state index in [4.69, 9.17) is 11.6 Å². The van der Waals surface area contributed by atoms with Crippen LogP contribution in [0.5, 0.6) is 5.75 Å². The molecule has 94 valence electrons. The molecule has 1 aromatic rings. The van der Waals surface area contributed by atoms with Crippen LogP contribution in [0.4, 0.5) is 18.9 Å². The van der Waals surface area contributed by atoms with Crippen molar-refractivity contribution < 1.29 is 22.8 Å². The van der Waals surface area contributed by atoms with E-state index in [9.17, 15) is 23.3 Å². The van der Waals surface area contributed by atoms with Gasteiger partial charge in [-0.1, -0.05) is 0 Å². The molecule has 0 atom stereocenters. The third kappa shape index (κ3) is 3.84. The lowest BCUT2D eigenvalue weighted by Gasteiger charge is -2.10. The SMILES string of the molecule is O=[N+]([O-])c1cc(OC(F)(F)F)c(I)nc1CCl. The molecule has 0 aromatic carbocycles. The Labute approximate surface area is 111 Å². The second-order valence-electron chi connectivity index (χ2n) is 2.68. The molecule has 0 saturated carbocycles. The van der Waals surface area contributed by atoms with Crippen molar-refractivity contribution in [3.8, 4) is 5.75 Å². The quantitative estimate of drug-likeness (QED) is 0.265. The molecule has 5 nitrogen and oxygen atoms in total. The van der Waals surface area contributed by atoms with Crippen LogP contribution in [0.2, 0.25) is 0 Å². The number of alkyl halides is 4. The number of nitrogens with zero attached hydrogens (tertiary/aromatic N) is 2. The number of rotatable bonds is 3. The molecule has 0 saturated heterocycles. The Morgan fingerprint density at radius 3 is 2.59 bits per heavy atom. The van der Waals surface area contributed by atoms with E-state index >= 15 is 0 Å². The fourth-order valence-corrected chi connectivity index (χ4v) is 1.70. The highest BCUT2D eigenvalue weighted by atomic mass is 127. The summed E-state index contributed by atoms with van der Waals surface area (Å²) in [6, 6.07) is 0.653. The summed E-state index contributed by atoms with van der Waals surface area (Å²) in [6.07, 6.45) is -4.93. The number of halogens is 5. The molecule has 1 aromatic heterocycles. The summed E-state index contributed by atoms with van der Waals surface area (Å²) in [7, 11) is 0. The first kappa shape index (κ1) is 14.2. The second-order valence-corrected chi connectivity index (χ2v) is 3.97. The Hall–Kier alpha value is -0.840. The zero-order valence-electron chi connectivity index (χ0n) is 7.79. The number of aromatic nitrogens is 1. The summed E-state index contributed by atoms with van der Waals surface area (Å²) in [4.78, 5) is 13.3. The van der Waals surface area contributed by atoms with Gasteiger partial charge in [0.1, 0.15) is 9.39 Å². The molecule has 0 aliphatic carbocycles.